The number of hydrogen-bond acceptors (Lipinski definition) is 4. The number of hydrogen-bond donors (Lipinski definition) is 1. The molecule has 1 aromatic rings. The molecule has 1 aromatic heterocycles. The molecule has 92 valence electrons. The second kappa shape index (κ2) is 5.27. The fourth-order valence-electron chi connectivity index (χ4n) is 1.53. The van der Waals surface area contributed by atoms with Gasteiger partial charge in [0.05, 0.1) is 6.54 Å². The first-order valence-corrected chi connectivity index (χ1v) is 6.48. The van der Waals surface area contributed by atoms with Crippen LogP contribution >= 0.6 is 11.3 Å². The predicted octanol–water partition coefficient (Wildman–Crippen LogP) is 1.34. The molecule has 2 rings (SSSR count). The van der Waals surface area contributed by atoms with Crippen LogP contribution in [0.5, 0.6) is 0 Å². The van der Waals surface area contributed by atoms with Crippen LogP contribution in [0.2, 0.25) is 0 Å². The molecule has 0 bridgehead atoms. The van der Waals surface area contributed by atoms with Gasteiger partial charge in [0.1, 0.15) is 0 Å². The van der Waals surface area contributed by atoms with Gasteiger partial charge < -0.3 is 10.2 Å². The number of nitrogens with one attached hydrogen (secondary N) is 1. The van der Waals surface area contributed by atoms with Gasteiger partial charge in [0, 0.05) is 25.0 Å². The average Bonchev–Trinajstić information content (AvgIpc) is 2.93. The minimum absolute atomic E-state index is 0.0498. The van der Waals surface area contributed by atoms with Gasteiger partial charge in [0.25, 0.3) is 0 Å². The van der Waals surface area contributed by atoms with E-state index in [-0.39, 0.29) is 18.4 Å². The number of thiazole rings is 1. The highest BCUT2D eigenvalue weighted by Gasteiger charge is 2.26. The van der Waals surface area contributed by atoms with Crippen LogP contribution in [-0.4, -0.2) is 34.8 Å². The molecule has 0 atom stereocenters. The molecule has 17 heavy (non-hydrogen) atoms. The Morgan fingerprint density at radius 1 is 1.59 bits per heavy atom. The Hall–Kier alpha value is -1.43. The smallest absolute Gasteiger partial charge is 0.245 e. The van der Waals surface area contributed by atoms with Crippen molar-refractivity contribution >= 4 is 28.3 Å². The van der Waals surface area contributed by atoms with E-state index in [1.165, 1.54) is 18.3 Å². The van der Waals surface area contributed by atoms with Crippen LogP contribution in [-0.2, 0) is 9.59 Å². The molecule has 1 saturated carbocycles. The Labute approximate surface area is 104 Å². The molecule has 0 saturated heterocycles. The lowest BCUT2D eigenvalue weighted by molar-refractivity contribution is -0.133. The Bertz CT molecular complexity index is 401. The molecule has 0 spiro atoms. The van der Waals surface area contributed by atoms with Crippen LogP contribution in [0.3, 0.4) is 0 Å². The first-order chi connectivity index (χ1) is 8.15. The summed E-state index contributed by atoms with van der Waals surface area (Å²) in [5.41, 5.74) is 0. The van der Waals surface area contributed by atoms with Gasteiger partial charge in [-0.15, -0.1) is 11.3 Å². The molecular weight excluding hydrogens is 238 g/mol. The van der Waals surface area contributed by atoms with Crippen LogP contribution in [0.15, 0.2) is 11.6 Å². The maximum atomic E-state index is 11.7. The van der Waals surface area contributed by atoms with Crippen molar-refractivity contribution in [2.75, 3.05) is 18.4 Å². The molecule has 5 nitrogen and oxygen atoms in total. The molecule has 1 heterocycles. The number of aromatic nitrogens is 1. The van der Waals surface area contributed by atoms with Crippen molar-refractivity contribution in [1.82, 2.24) is 9.88 Å². The summed E-state index contributed by atoms with van der Waals surface area (Å²) < 4.78 is 0. The Morgan fingerprint density at radius 3 is 2.88 bits per heavy atom. The van der Waals surface area contributed by atoms with Gasteiger partial charge in [-0.3, -0.25) is 9.59 Å². The minimum atomic E-state index is -0.184. The molecular formula is C11H15N3O2S. The Kier molecular flexibility index (Phi) is 3.73. The van der Waals surface area contributed by atoms with E-state index >= 15 is 0 Å². The lowest BCUT2D eigenvalue weighted by Gasteiger charge is -2.19. The molecule has 6 heteroatoms. The van der Waals surface area contributed by atoms with E-state index in [4.69, 9.17) is 0 Å². The molecule has 2 amide bonds. The number of amides is 2. The van der Waals surface area contributed by atoms with Gasteiger partial charge in [0.2, 0.25) is 11.8 Å². The van der Waals surface area contributed by atoms with Gasteiger partial charge in [-0.25, -0.2) is 4.98 Å². The number of carbonyl (C=O) groups excluding carboxylic acids is 2. The van der Waals surface area contributed by atoms with Gasteiger partial charge in [-0.1, -0.05) is 0 Å². The van der Waals surface area contributed by atoms with E-state index in [1.807, 2.05) is 0 Å². The summed E-state index contributed by atoms with van der Waals surface area (Å²) in [5, 5.41) is 5.04. The summed E-state index contributed by atoms with van der Waals surface area (Å²) >= 11 is 1.37. The maximum Gasteiger partial charge on any atom is 0.245 e. The molecule has 0 aromatic carbocycles. The van der Waals surface area contributed by atoms with E-state index in [2.05, 4.69) is 10.3 Å². The molecule has 1 N–H and O–H groups in total. The summed E-state index contributed by atoms with van der Waals surface area (Å²) in [6.07, 6.45) is 3.96. The standard InChI is InChI=1S/C11H15N3O2S/c1-8(15)14(6-9-2-3-9)7-10(16)13-11-12-4-5-17-11/h4-5,9H,2-3,6-7H2,1H3,(H,12,13,16). The van der Waals surface area contributed by atoms with Crippen molar-refractivity contribution < 1.29 is 9.59 Å². The van der Waals surface area contributed by atoms with Crippen molar-refractivity contribution in [1.29, 1.82) is 0 Å². The Balaban J connectivity index is 1.83. The largest absolute Gasteiger partial charge is 0.333 e. The van der Waals surface area contributed by atoms with E-state index in [0.717, 1.165) is 12.8 Å². The van der Waals surface area contributed by atoms with Crippen molar-refractivity contribution in [2.24, 2.45) is 5.92 Å². The van der Waals surface area contributed by atoms with Gasteiger partial charge >= 0.3 is 0 Å². The van der Waals surface area contributed by atoms with E-state index in [1.54, 1.807) is 16.5 Å². The number of carbonyl (C=O) groups is 2. The topological polar surface area (TPSA) is 62.3 Å². The van der Waals surface area contributed by atoms with E-state index < -0.39 is 0 Å². The minimum Gasteiger partial charge on any atom is -0.333 e. The average molecular weight is 253 g/mol. The summed E-state index contributed by atoms with van der Waals surface area (Å²) in [7, 11) is 0. The zero-order valence-corrected chi connectivity index (χ0v) is 10.5. The Morgan fingerprint density at radius 2 is 2.35 bits per heavy atom. The van der Waals surface area contributed by atoms with Crippen LogP contribution < -0.4 is 5.32 Å². The van der Waals surface area contributed by atoms with Gasteiger partial charge in [0.15, 0.2) is 5.13 Å². The summed E-state index contributed by atoms with van der Waals surface area (Å²) in [4.78, 5) is 28.6. The molecule has 0 radical (unpaired) electrons. The monoisotopic (exact) mass is 253 g/mol. The quantitative estimate of drug-likeness (QED) is 0.861. The third-order valence-electron chi connectivity index (χ3n) is 2.63. The van der Waals surface area contributed by atoms with Gasteiger partial charge in [-0.05, 0) is 18.8 Å². The lowest BCUT2D eigenvalue weighted by atomic mass is 10.3. The van der Waals surface area contributed by atoms with Crippen LogP contribution in [0.25, 0.3) is 0 Å². The molecule has 0 aliphatic heterocycles. The molecule has 1 aliphatic carbocycles. The highest BCUT2D eigenvalue weighted by atomic mass is 32.1. The van der Waals surface area contributed by atoms with Crippen molar-refractivity contribution in [3.8, 4) is 0 Å². The fourth-order valence-corrected chi connectivity index (χ4v) is 2.08. The number of nitrogens with zero attached hydrogens (tertiary/aromatic N) is 2. The van der Waals surface area contributed by atoms with Crippen LogP contribution in [0.1, 0.15) is 19.8 Å². The zero-order chi connectivity index (χ0) is 12.3. The first-order valence-electron chi connectivity index (χ1n) is 5.60. The highest BCUT2D eigenvalue weighted by molar-refractivity contribution is 7.13. The molecule has 1 aliphatic rings. The van der Waals surface area contributed by atoms with Crippen molar-refractivity contribution in [2.45, 2.75) is 19.8 Å². The normalized spacial score (nSPS) is 14.4. The first kappa shape index (κ1) is 12.0. The molecule has 1 fully saturated rings. The number of rotatable bonds is 5. The maximum absolute atomic E-state index is 11.7. The SMILES string of the molecule is CC(=O)N(CC(=O)Nc1nccs1)CC1CC1. The lowest BCUT2D eigenvalue weighted by Crippen LogP contribution is -2.37. The zero-order valence-electron chi connectivity index (χ0n) is 9.68. The second-order valence-corrected chi connectivity index (χ2v) is 5.12. The van der Waals surface area contributed by atoms with Crippen LogP contribution in [0, 0.1) is 5.92 Å². The van der Waals surface area contributed by atoms with Crippen molar-refractivity contribution in [3.63, 3.8) is 0 Å². The molecule has 0 unspecified atom stereocenters. The van der Waals surface area contributed by atoms with Crippen LogP contribution in [0.4, 0.5) is 5.13 Å². The predicted molar refractivity (Wildman–Crippen MR) is 65.7 cm³/mol. The number of anilines is 1. The summed E-state index contributed by atoms with van der Waals surface area (Å²) in [5.74, 6) is 0.355. The second-order valence-electron chi connectivity index (χ2n) is 4.23. The third kappa shape index (κ3) is 3.81. The van der Waals surface area contributed by atoms with Crippen molar-refractivity contribution in [3.05, 3.63) is 11.6 Å². The van der Waals surface area contributed by atoms with E-state index in [0.29, 0.717) is 17.6 Å². The highest BCUT2D eigenvalue weighted by Crippen LogP contribution is 2.29. The third-order valence-corrected chi connectivity index (χ3v) is 3.32. The summed E-state index contributed by atoms with van der Waals surface area (Å²) in [6.45, 7) is 2.31. The fraction of sp³-hybridized carbons (Fsp3) is 0.545. The van der Waals surface area contributed by atoms with E-state index in [9.17, 15) is 9.59 Å². The summed E-state index contributed by atoms with van der Waals surface area (Å²) in [6, 6.07) is 0. The van der Waals surface area contributed by atoms with Gasteiger partial charge in [-0.2, -0.15) is 0 Å².